The molecular weight excluding hydrogens is 214 g/mol. The van der Waals surface area contributed by atoms with E-state index in [1.807, 2.05) is 6.33 Å². The van der Waals surface area contributed by atoms with Crippen molar-refractivity contribution in [2.45, 2.75) is 33.9 Å². The lowest BCUT2D eigenvalue weighted by Crippen LogP contribution is -2.18. The highest BCUT2D eigenvalue weighted by atomic mass is 16.5. The molecule has 1 atom stereocenters. The Labute approximate surface area is 104 Å². The van der Waals surface area contributed by atoms with Crippen LogP contribution in [0.2, 0.25) is 0 Å². The zero-order chi connectivity index (χ0) is 12.7. The van der Waals surface area contributed by atoms with Gasteiger partial charge in [0, 0.05) is 32.9 Å². The molecule has 4 nitrogen and oxygen atoms in total. The van der Waals surface area contributed by atoms with Crippen molar-refractivity contribution in [1.29, 1.82) is 0 Å². The third kappa shape index (κ3) is 5.33. The van der Waals surface area contributed by atoms with Crippen LogP contribution in [0.1, 0.15) is 26.5 Å². The van der Waals surface area contributed by atoms with Crippen LogP contribution in [0.25, 0.3) is 0 Å². The second kappa shape index (κ2) is 7.45. The van der Waals surface area contributed by atoms with Crippen LogP contribution in [-0.4, -0.2) is 29.8 Å². The van der Waals surface area contributed by atoms with Gasteiger partial charge in [-0.1, -0.05) is 20.8 Å². The van der Waals surface area contributed by atoms with Crippen LogP contribution in [0, 0.1) is 11.8 Å². The SMILES string of the molecule is COCCNCc1cn(CC(C)C(C)C)cn1. The average Bonchev–Trinajstić information content (AvgIpc) is 2.72. The number of aromatic nitrogens is 2. The molecule has 0 saturated carbocycles. The van der Waals surface area contributed by atoms with Crippen LogP contribution in [0.4, 0.5) is 0 Å². The molecule has 0 aliphatic rings. The average molecular weight is 239 g/mol. The minimum Gasteiger partial charge on any atom is -0.383 e. The van der Waals surface area contributed by atoms with Gasteiger partial charge in [-0.2, -0.15) is 0 Å². The first-order valence-electron chi connectivity index (χ1n) is 6.33. The fraction of sp³-hybridized carbons (Fsp3) is 0.769. The minimum atomic E-state index is 0.679. The van der Waals surface area contributed by atoms with Crippen LogP contribution in [0.3, 0.4) is 0 Å². The van der Waals surface area contributed by atoms with Gasteiger partial charge in [-0.25, -0.2) is 4.98 Å². The van der Waals surface area contributed by atoms with Crippen molar-refractivity contribution in [3.8, 4) is 0 Å². The summed E-state index contributed by atoms with van der Waals surface area (Å²) in [6, 6.07) is 0. The summed E-state index contributed by atoms with van der Waals surface area (Å²) < 4.78 is 7.15. The Morgan fingerprint density at radius 2 is 2.18 bits per heavy atom. The van der Waals surface area contributed by atoms with Crippen molar-refractivity contribution in [3.63, 3.8) is 0 Å². The summed E-state index contributed by atoms with van der Waals surface area (Å²) in [4.78, 5) is 4.39. The third-order valence-electron chi connectivity index (χ3n) is 3.11. The molecule has 0 saturated heterocycles. The van der Waals surface area contributed by atoms with Gasteiger partial charge in [0.15, 0.2) is 0 Å². The molecule has 1 aromatic rings. The first-order valence-corrected chi connectivity index (χ1v) is 6.33. The summed E-state index contributed by atoms with van der Waals surface area (Å²) >= 11 is 0. The maximum Gasteiger partial charge on any atom is 0.0950 e. The molecule has 4 heteroatoms. The Kier molecular flexibility index (Phi) is 6.22. The number of nitrogens with one attached hydrogen (secondary N) is 1. The molecule has 1 N–H and O–H groups in total. The van der Waals surface area contributed by atoms with E-state index < -0.39 is 0 Å². The Morgan fingerprint density at radius 3 is 2.82 bits per heavy atom. The van der Waals surface area contributed by atoms with Gasteiger partial charge < -0.3 is 14.6 Å². The quantitative estimate of drug-likeness (QED) is 0.704. The molecule has 1 aromatic heterocycles. The van der Waals surface area contributed by atoms with Crippen LogP contribution in [0.5, 0.6) is 0 Å². The largest absolute Gasteiger partial charge is 0.383 e. The number of methoxy groups -OCH3 is 1. The molecule has 17 heavy (non-hydrogen) atoms. The standard InChI is InChI=1S/C13H25N3O/c1-11(2)12(3)8-16-9-13(15-10-16)7-14-5-6-17-4/h9-12,14H,5-8H2,1-4H3. The van der Waals surface area contributed by atoms with Gasteiger partial charge in [0.1, 0.15) is 0 Å². The zero-order valence-electron chi connectivity index (χ0n) is 11.4. The molecule has 98 valence electrons. The van der Waals surface area contributed by atoms with E-state index >= 15 is 0 Å². The molecular formula is C13H25N3O. The van der Waals surface area contributed by atoms with Gasteiger partial charge in [-0.15, -0.1) is 0 Å². The van der Waals surface area contributed by atoms with Crippen LogP contribution < -0.4 is 5.32 Å². The van der Waals surface area contributed by atoms with E-state index in [9.17, 15) is 0 Å². The topological polar surface area (TPSA) is 39.1 Å². The predicted molar refractivity (Wildman–Crippen MR) is 69.8 cm³/mol. The van der Waals surface area contributed by atoms with Gasteiger partial charge in [0.05, 0.1) is 18.6 Å². The van der Waals surface area contributed by atoms with Gasteiger partial charge in [-0.3, -0.25) is 0 Å². The maximum absolute atomic E-state index is 4.98. The number of hydrogen-bond acceptors (Lipinski definition) is 3. The zero-order valence-corrected chi connectivity index (χ0v) is 11.4. The highest BCUT2D eigenvalue weighted by Gasteiger charge is 2.08. The Morgan fingerprint density at radius 1 is 1.41 bits per heavy atom. The fourth-order valence-corrected chi connectivity index (χ4v) is 1.53. The summed E-state index contributed by atoms with van der Waals surface area (Å²) in [5, 5.41) is 3.29. The van der Waals surface area contributed by atoms with E-state index in [1.165, 1.54) is 0 Å². The van der Waals surface area contributed by atoms with Gasteiger partial charge in [0.25, 0.3) is 0 Å². The number of hydrogen-bond donors (Lipinski definition) is 1. The lowest BCUT2D eigenvalue weighted by atomic mass is 9.98. The molecule has 1 heterocycles. The van der Waals surface area contributed by atoms with Crippen molar-refractivity contribution < 1.29 is 4.74 Å². The Bertz CT molecular complexity index is 309. The molecule has 1 unspecified atom stereocenters. The number of ether oxygens (including phenoxy) is 1. The molecule has 0 bridgehead atoms. The highest BCUT2D eigenvalue weighted by Crippen LogP contribution is 2.12. The van der Waals surface area contributed by atoms with E-state index in [0.29, 0.717) is 11.8 Å². The maximum atomic E-state index is 4.98. The van der Waals surface area contributed by atoms with Crippen LogP contribution in [0.15, 0.2) is 12.5 Å². The second-order valence-corrected chi connectivity index (χ2v) is 4.95. The summed E-state index contributed by atoms with van der Waals surface area (Å²) in [5.74, 6) is 1.39. The molecule has 0 aliphatic carbocycles. The lowest BCUT2D eigenvalue weighted by molar-refractivity contribution is 0.199. The predicted octanol–water partition coefficient (Wildman–Crippen LogP) is 1.91. The summed E-state index contributed by atoms with van der Waals surface area (Å²) in [5.41, 5.74) is 1.09. The lowest BCUT2D eigenvalue weighted by Gasteiger charge is -2.15. The van der Waals surface area contributed by atoms with E-state index in [-0.39, 0.29) is 0 Å². The van der Waals surface area contributed by atoms with E-state index in [2.05, 4.69) is 41.8 Å². The molecule has 0 radical (unpaired) electrons. The smallest absolute Gasteiger partial charge is 0.0950 e. The summed E-state index contributed by atoms with van der Waals surface area (Å²) in [6.07, 6.45) is 4.05. The molecule has 1 rings (SSSR count). The van der Waals surface area contributed by atoms with E-state index in [4.69, 9.17) is 4.74 Å². The van der Waals surface area contributed by atoms with Crippen molar-refractivity contribution in [2.75, 3.05) is 20.3 Å². The number of nitrogens with zero attached hydrogens (tertiary/aromatic N) is 2. The van der Waals surface area contributed by atoms with Gasteiger partial charge >= 0.3 is 0 Å². The normalized spacial score (nSPS) is 13.2. The van der Waals surface area contributed by atoms with Crippen LogP contribution >= 0.6 is 0 Å². The van der Waals surface area contributed by atoms with Gasteiger partial charge in [-0.05, 0) is 11.8 Å². The molecule has 0 fully saturated rings. The third-order valence-corrected chi connectivity index (χ3v) is 3.11. The monoisotopic (exact) mass is 239 g/mol. The Balaban J connectivity index is 2.32. The van der Waals surface area contributed by atoms with Gasteiger partial charge in [0.2, 0.25) is 0 Å². The highest BCUT2D eigenvalue weighted by molar-refractivity contribution is 4.96. The van der Waals surface area contributed by atoms with Crippen molar-refractivity contribution in [3.05, 3.63) is 18.2 Å². The summed E-state index contributed by atoms with van der Waals surface area (Å²) in [6.45, 7) is 10.3. The number of rotatable bonds is 8. The molecule has 0 amide bonds. The molecule has 0 aliphatic heterocycles. The first kappa shape index (κ1) is 14.2. The first-order chi connectivity index (χ1) is 8.13. The second-order valence-electron chi connectivity index (χ2n) is 4.95. The van der Waals surface area contributed by atoms with Crippen molar-refractivity contribution in [1.82, 2.24) is 14.9 Å². The molecule has 0 spiro atoms. The number of imidazole rings is 1. The van der Waals surface area contributed by atoms with E-state index in [1.54, 1.807) is 7.11 Å². The Hall–Kier alpha value is -0.870. The van der Waals surface area contributed by atoms with Crippen LogP contribution in [-0.2, 0) is 17.8 Å². The minimum absolute atomic E-state index is 0.679. The summed E-state index contributed by atoms with van der Waals surface area (Å²) in [7, 11) is 1.71. The molecule has 0 aromatic carbocycles. The van der Waals surface area contributed by atoms with Crippen molar-refractivity contribution in [2.24, 2.45) is 11.8 Å². The fourth-order valence-electron chi connectivity index (χ4n) is 1.53. The van der Waals surface area contributed by atoms with E-state index in [0.717, 1.165) is 31.9 Å². The van der Waals surface area contributed by atoms with Crippen molar-refractivity contribution >= 4 is 0 Å².